The maximum Gasteiger partial charge on any atom is 0.326 e. The monoisotopic (exact) mass is 205 g/mol. The minimum atomic E-state index is -0.830. The molecule has 0 bridgehead atoms. The summed E-state index contributed by atoms with van der Waals surface area (Å²) in [4.78, 5) is 11.6. The topological polar surface area (TPSA) is 52.3 Å². The van der Waals surface area contributed by atoms with Crippen LogP contribution < -0.4 is 5.73 Å². The van der Waals surface area contributed by atoms with Crippen LogP contribution in [-0.2, 0) is 22.4 Å². The number of aryl methyl sites for hydroxylation is 1. The number of carbonyl (C=O) groups excluding carboxylic acids is 1. The van der Waals surface area contributed by atoms with Gasteiger partial charge in [0.1, 0.15) is 5.54 Å². The first kappa shape index (κ1) is 10.2. The molecule has 0 fully saturated rings. The third kappa shape index (κ3) is 1.75. The molecule has 0 spiro atoms. The van der Waals surface area contributed by atoms with Crippen LogP contribution in [0.1, 0.15) is 17.5 Å². The highest BCUT2D eigenvalue weighted by atomic mass is 16.5. The van der Waals surface area contributed by atoms with Crippen molar-refractivity contribution < 1.29 is 9.53 Å². The van der Waals surface area contributed by atoms with E-state index in [1.807, 2.05) is 18.2 Å². The van der Waals surface area contributed by atoms with E-state index < -0.39 is 5.54 Å². The molecule has 0 unspecified atom stereocenters. The first-order valence-electron chi connectivity index (χ1n) is 5.10. The number of esters is 1. The summed E-state index contributed by atoms with van der Waals surface area (Å²) in [7, 11) is 1.39. The summed E-state index contributed by atoms with van der Waals surface area (Å²) in [6.07, 6.45) is 2.09. The average Bonchev–Trinajstić information content (AvgIpc) is 2.27. The molecule has 1 aliphatic carbocycles. The molecule has 0 aromatic heterocycles. The van der Waals surface area contributed by atoms with Gasteiger partial charge in [-0.25, -0.2) is 0 Å². The average molecular weight is 205 g/mol. The van der Waals surface area contributed by atoms with Crippen molar-refractivity contribution in [3.8, 4) is 0 Å². The van der Waals surface area contributed by atoms with Crippen molar-refractivity contribution in [3.05, 3.63) is 35.4 Å². The molecule has 0 radical (unpaired) electrons. The van der Waals surface area contributed by atoms with Crippen LogP contribution in [0.15, 0.2) is 24.3 Å². The summed E-state index contributed by atoms with van der Waals surface area (Å²) < 4.78 is 4.74. The van der Waals surface area contributed by atoms with E-state index in [-0.39, 0.29) is 5.97 Å². The van der Waals surface area contributed by atoms with Gasteiger partial charge in [0.25, 0.3) is 0 Å². The Morgan fingerprint density at radius 3 is 2.73 bits per heavy atom. The second-order valence-electron chi connectivity index (χ2n) is 4.09. The lowest BCUT2D eigenvalue weighted by molar-refractivity contribution is -0.147. The van der Waals surface area contributed by atoms with E-state index in [1.54, 1.807) is 0 Å². The molecule has 0 heterocycles. The number of hydrogen-bond acceptors (Lipinski definition) is 3. The summed E-state index contributed by atoms with van der Waals surface area (Å²) >= 11 is 0. The molecule has 2 N–H and O–H groups in total. The predicted octanol–water partition coefficient (Wildman–Crippen LogP) is 1.05. The van der Waals surface area contributed by atoms with E-state index in [1.165, 1.54) is 12.7 Å². The van der Waals surface area contributed by atoms with Gasteiger partial charge >= 0.3 is 5.97 Å². The minimum absolute atomic E-state index is 0.308. The number of nitrogens with two attached hydrogens (primary N) is 1. The third-order valence-corrected chi connectivity index (χ3v) is 3.06. The van der Waals surface area contributed by atoms with Crippen LogP contribution in [0.4, 0.5) is 0 Å². The van der Waals surface area contributed by atoms with Crippen molar-refractivity contribution >= 4 is 5.97 Å². The van der Waals surface area contributed by atoms with E-state index >= 15 is 0 Å². The van der Waals surface area contributed by atoms with E-state index in [0.717, 1.165) is 12.0 Å². The molecule has 3 nitrogen and oxygen atoms in total. The number of benzene rings is 1. The zero-order valence-electron chi connectivity index (χ0n) is 8.82. The highest BCUT2D eigenvalue weighted by Gasteiger charge is 2.38. The summed E-state index contributed by atoms with van der Waals surface area (Å²) in [5.74, 6) is -0.308. The van der Waals surface area contributed by atoms with Crippen LogP contribution in [-0.4, -0.2) is 18.6 Å². The standard InChI is InChI=1S/C12H15NO2/c1-15-11(14)12(13)7-6-9-4-2-3-5-10(9)8-12/h2-5H,6-8,13H2,1H3/t12-/m0/s1. The molecule has 1 aromatic carbocycles. The highest BCUT2D eigenvalue weighted by Crippen LogP contribution is 2.27. The predicted molar refractivity (Wildman–Crippen MR) is 57.4 cm³/mol. The van der Waals surface area contributed by atoms with Gasteiger partial charge in [0.15, 0.2) is 0 Å². The van der Waals surface area contributed by atoms with Crippen LogP contribution in [0.3, 0.4) is 0 Å². The number of methoxy groups -OCH3 is 1. The summed E-state index contributed by atoms with van der Waals surface area (Å²) in [6.45, 7) is 0. The van der Waals surface area contributed by atoms with Gasteiger partial charge in [-0.1, -0.05) is 24.3 Å². The summed E-state index contributed by atoms with van der Waals surface area (Å²) in [5, 5.41) is 0. The molecule has 0 saturated heterocycles. The van der Waals surface area contributed by atoms with Gasteiger partial charge in [-0.2, -0.15) is 0 Å². The van der Waals surface area contributed by atoms with Crippen molar-refractivity contribution in [1.82, 2.24) is 0 Å². The normalized spacial score (nSPS) is 24.4. The van der Waals surface area contributed by atoms with Crippen molar-refractivity contribution in [2.24, 2.45) is 5.73 Å². The molecule has 0 saturated carbocycles. The number of hydrogen-bond donors (Lipinski definition) is 1. The van der Waals surface area contributed by atoms with E-state index in [2.05, 4.69) is 6.07 Å². The summed E-state index contributed by atoms with van der Waals surface area (Å²) in [6, 6.07) is 8.10. The van der Waals surface area contributed by atoms with Crippen LogP contribution in [0, 0.1) is 0 Å². The lowest BCUT2D eigenvalue weighted by Gasteiger charge is -2.31. The first-order chi connectivity index (χ1) is 7.15. The first-order valence-corrected chi connectivity index (χ1v) is 5.10. The maximum absolute atomic E-state index is 11.6. The Kier molecular flexibility index (Phi) is 2.49. The number of ether oxygens (including phenoxy) is 1. The smallest absolute Gasteiger partial charge is 0.326 e. The number of rotatable bonds is 1. The molecule has 1 aromatic rings. The molecular formula is C12H15NO2. The minimum Gasteiger partial charge on any atom is -0.468 e. The quantitative estimate of drug-likeness (QED) is 0.697. The van der Waals surface area contributed by atoms with Gasteiger partial charge in [0, 0.05) is 6.42 Å². The molecule has 2 rings (SSSR count). The SMILES string of the molecule is COC(=O)[C@]1(N)CCc2ccccc2C1. The van der Waals surface area contributed by atoms with Gasteiger partial charge < -0.3 is 10.5 Å². The number of carbonyl (C=O) groups is 1. The molecule has 1 atom stereocenters. The Morgan fingerprint density at radius 2 is 2.07 bits per heavy atom. The Morgan fingerprint density at radius 1 is 1.40 bits per heavy atom. The fraction of sp³-hybridized carbons (Fsp3) is 0.417. The van der Waals surface area contributed by atoms with Crippen LogP contribution in [0.5, 0.6) is 0 Å². The Balaban J connectivity index is 2.28. The molecule has 80 valence electrons. The van der Waals surface area contributed by atoms with Crippen molar-refractivity contribution in [1.29, 1.82) is 0 Å². The van der Waals surface area contributed by atoms with Crippen LogP contribution >= 0.6 is 0 Å². The fourth-order valence-electron chi connectivity index (χ4n) is 2.14. The van der Waals surface area contributed by atoms with Crippen molar-refractivity contribution in [3.63, 3.8) is 0 Å². The molecular weight excluding hydrogens is 190 g/mol. The lowest BCUT2D eigenvalue weighted by Crippen LogP contribution is -2.52. The van der Waals surface area contributed by atoms with Gasteiger partial charge in [-0.3, -0.25) is 4.79 Å². The van der Waals surface area contributed by atoms with Crippen LogP contribution in [0.25, 0.3) is 0 Å². The molecule has 0 aliphatic heterocycles. The largest absolute Gasteiger partial charge is 0.468 e. The Labute approximate surface area is 89.2 Å². The Hall–Kier alpha value is -1.35. The van der Waals surface area contributed by atoms with Crippen molar-refractivity contribution in [2.45, 2.75) is 24.8 Å². The molecule has 3 heteroatoms. The van der Waals surface area contributed by atoms with E-state index in [4.69, 9.17) is 10.5 Å². The van der Waals surface area contributed by atoms with Gasteiger partial charge in [0.05, 0.1) is 7.11 Å². The Bertz CT molecular complexity index is 389. The van der Waals surface area contributed by atoms with Gasteiger partial charge in [-0.15, -0.1) is 0 Å². The zero-order chi connectivity index (χ0) is 10.9. The zero-order valence-corrected chi connectivity index (χ0v) is 8.82. The lowest BCUT2D eigenvalue weighted by atomic mass is 9.79. The second kappa shape index (κ2) is 3.66. The number of fused-ring (bicyclic) bond motifs is 1. The third-order valence-electron chi connectivity index (χ3n) is 3.06. The highest BCUT2D eigenvalue weighted by molar-refractivity contribution is 5.81. The van der Waals surface area contributed by atoms with E-state index in [9.17, 15) is 4.79 Å². The fourth-order valence-corrected chi connectivity index (χ4v) is 2.14. The van der Waals surface area contributed by atoms with Gasteiger partial charge in [-0.05, 0) is 24.0 Å². The van der Waals surface area contributed by atoms with Gasteiger partial charge in [0.2, 0.25) is 0 Å². The molecule has 0 amide bonds. The molecule has 15 heavy (non-hydrogen) atoms. The maximum atomic E-state index is 11.6. The van der Waals surface area contributed by atoms with Crippen LogP contribution in [0.2, 0.25) is 0 Å². The van der Waals surface area contributed by atoms with E-state index in [0.29, 0.717) is 12.8 Å². The molecule has 1 aliphatic rings. The second-order valence-corrected chi connectivity index (χ2v) is 4.09. The summed E-state index contributed by atoms with van der Waals surface area (Å²) in [5.41, 5.74) is 7.68. The van der Waals surface area contributed by atoms with Crippen molar-refractivity contribution in [2.75, 3.05) is 7.11 Å².